The van der Waals surface area contributed by atoms with Gasteiger partial charge in [-0.3, -0.25) is 0 Å². The van der Waals surface area contributed by atoms with Gasteiger partial charge in [0, 0.05) is 18.5 Å². The van der Waals surface area contributed by atoms with Crippen molar-refractivity contribution in [3.63, 3.8) is 0 Å². The minimum atomic E-state index is 0.337. The van der Waals surface area contributed by atoms with Crippen molar-refractivity contribution in [1.29, 1.82) is 0 Å². The number of ether oxygens (including phenoxy) is 1. The van der Waals surface area contributed by atoms with Crippen molar-refractivity contribution in [3.8, 4) is 0 Å². The molecule has 0 atom stereocenters. The number of nitrogens with one attached hydrogen (secondary N) is 1. The van der Waals surface area contributed by atoms with Crippen molar-refractivity contribution in [1.82, 2.24) is 9.97 Å². The van der Waals surface area contributed by atoms with Crippen LogP contribution in [0.5, 0.6) is 0 Å². The Morgan fingerprint density at radius 3 is 2.85 bits per heavy atom. The summed E-state index contributed by atoms with van der Waals surface area (Å²) in [6.45, 7) is 6.91. The third kappa shape index (κ3) is 4.08. The zero-order chi connectivity index (χ0) is 9.68. The molecule has 0 saturated carbocycles. The van der Waals surface area contributed by atoms with E-state index in [1.54, 1.807) is 0 Å². The molecule has 3 nitrogen and oxygen atoms in total. The molecule has 1 heterocycles. The molecule has 0 radical (unpaired) electrons. The summed E-state index contributed by atoms with van der Waals surface area (Å²) in [6, 6.07) is 0. The van der Waals surface area contributed by atoms with Crippen LogP contribution in [0.2, 0.25) is 0 Å². The smallest absolute Gasteiger partial charge is 0.103 e. The van der Waals surface area contributed by atoms with E-state index in [2.05, 4.69) is 23.8 Å². The summed E-state index contributed by atoms with van der Waals surface area (Å²) in [4.78, 5) is 7.33. The second kappa shape index (κ2) is 5.02. The molecule has 0 aliphatic heterocycles. The SMILES string of the molecule is Cc1ncc(CCCOC(C)C)[nH]1. The van der Waals surface area contributed by atoms with Crippen molar-refractivity contribution in [2.75, 3.05) is 6.61 Å². The van der Waals surface area contributed by atoms with E-state index in [1.807, 2.05) is 13.1 Å². The first kappa shape index (κ1) is 10.3. The first-order valence-corrected chi connectivity index (χ1v) is 4.80. The normalized spacial score (nSPS) is 11.1. The molecule has 13 heavy (non-hydrogen) atoms. The lowest BCUT2D eigenvalue weighted by molar-refractivity contribution is 0.0771. The Hall–Kier alpha value is -0.830. The van der Waals surface area contributed by atoms with Crippen LogP contribution in [0.15, 0.2) is 6.20 Å². The van der Waals surface area contributed by atoms with Gasteiger partial charge in [0.05, 0.1) is 6.10 Å². The molecular weight excluding hydrogens is 164 g/mol. The molecule has 0 unspecified atom stereocenters. The number of nitrogens with zero attached hydrogens (tertiary/aromatic N) is 1. The van der Waals surface area contributed by atoms with Gasteiger partial charge in [-0.1, -0.05) is 0 Å². The molecule has 1 aromatic rings. The van der Waals surface area contributed by atoms with Crippen LogP contribution in [0.4, 0.5) is 0 Å². The Morgan fingerprint density at radius 2 is 2.31 bits per heavy atom. The summed E-state index contributed by atoms with van der Waals surface area (Å²) in [7, 11) is 0. The first-order valence-electron chi connectivity index (χ1n) is 4.80. The quantitative estimate of drug-likeness (QED) is 0.708. The van der Waals surface area contributed by atoms with Crippen molar-refractivity contribution in [2.24, 2.45) is 0 Å². The van der Waals surface area contributed by atoms with Crippen molar-refractivity contribution in [2.45, 2.75) is 39.7 Å². The Bertz CT molecular complexity index is 243. The largest absolute Gasteiger partial charge is 0.379 e. The number of aromatic amines is 1. The van der Waals surface area contributed by atoms with Gasteiger partial charge in [-0.15, -0.1) is 0 Å². The van der Waals surface area contributed by atoms with Crippen LogP contribution in [0.1, 0.15) is 31.8 Å². The van der Waals surface area contributed by atoms with Crippen LogP contribution in [0.25, 0.3) is 0 Å². The molecule has 0 spiro atoms. The number of rotatable bonds is 5. The Kier molecular flexibility index (Phi) is 3.96. The number of hydrogen-bond acceptors (Lipinski definition) is 2. The van der Waals surface area contributed by atoms with E-state index in [0.717, 1.165) is 25.3 Å². The number of aromatic nitrogens is 2. The Balaban J connectivity index is 2.13. The van der Waals surface area contributed by atoms with E-state index < -0.39 is 0 Å². The molecule has 0 aliphatic rings. The van der Waals surface area contributed by atoms with Gasteiger partial charge in [0.2, 0.25) is 0 Å². The van der Waals surface area contributed by atoms with E-state index in [0.29, 0.717) is 6.10 Å². The van der Waals surface area contributed by atoms with Gasteiger partial charge in [-0.05, 0) is 33.6 Å². The summed E-state index contributed by atoms with van der Waals surface area (Å²) in [6.07, 6.45) is 4.31. The van der Waals surface area contributed by atoms with Gasteiger partial charge in [-0.2, -0.15) is 0 Å². The molecule has 3 heteroatoms. The van der Waals surface area contributed by atoms with Gasteiger partial charge >= 0.3 is 0 Å². The summed E-state index contributed by atoms with van der Waals surface area (Å²) in [5, 5.41) is 0. The van der Waals surface area contributed by atoms with Gasteiger partial charge < -0.3 is 9.72 Å². The molecule has 1 aromatic heterocycles. The Morgan fingerprint density at radius 1 is 1.54 bits per heavy atom. The average molecular weight is 182 g/mol. The summed E-state index contributed by atoms with van der Waals surface area (Å²) in [5.74, 6) is 0.986. The highest BCUT2D eigenvalue weighted by atomic mass is 16.5. The van der Waals surface area contributed by atoms with Gasteiger partial charge in [0.1, 0.15) is 5.82 Å². The second-order valence-electron chi connectivity index (χ2n) is 3.52. The highest BCUT2D eigenvalue weighted by Gasteiger charge is 1.97. The standard InChI is InChI=1S/C10H18N2O/c1-8(2)13-6-4-5-10-7-11-9(3)12-10/h7-8H,4-6H2,1-3H3,(H,11,12). The number of aryl methyl sites for hydroxylation is 2. The third-order valence-electron chi connectivity index (χ3n) is 1.80. The highest BCUT2D eigenvalue weighted by Crippen LogP contribution is 2.00. The number of imidazole rings is 1. The highest BCUT2D eigenvalue weighted by molar-refractivity contribution is 4.99. The van der Waals surface area contributed by atoms with E-state index in [1.165, 1.54) is 5.69 Å². The lowest BCUT2D eigenvalue weighted by Gasteiger charge is -2.05. The maximum Gasteiger partial charge on any atom is 0.103 e. The summed E-state index contributed by atoms with van der Waals surface area (Å²) >= 11 is 0. The van der Waals surface area contributed by atoms with E-state index >= 15 is 0 Å². The fourth-order valence-electron chi connectivity index (χ4n) is 1.18. The maximum absolute atomic E-state index is 5.44. The molecule has 1 N–H and O–H groups in total. The van der Waals surface area contributed by atoms with E-state index in [-0.39, 0.29) is 0 Å². The summed E-state index contributed by atoms with van der Waals surface area (Å²) in [5.41, 5.74) is 1.20. The van der Waals surface area contributed by atoms with Crippen molar-refractivity contribution in [3.05, 3.63) is 17.7 Å². The zero-order valence-corrected chi connectivity index (χ0v) is 8.63. The minimum Gasteiger partial charge on any atom is -0.379 e. The van der Waals surface area contributed by atoms with Gasteiger partial charge in [-0.25, -0.2) is 4.98 Å². The zero-order valence-electron chi connectivity index (χ0n) is 8.63. The van der Waals surface area contributed by atoms with E-state index in [4.69, 9.17) is 4.74 Å². The number of hydrogen-bond donors (Lipinski definition) is 1. The second-order valence-corrected chi connectivity index (χ2v) is 3.52. The van der Waals surface area contributed by atoms with Crippen LogP contribution < -0.4 is 0 Å². The fourth-order valence-corrected chi connectivity index (χ4v) is 1.18. The molecule has 1 rings (SSSR count). The lowest BCUT2D eigenvalue weighted by Crippen LogP contribution is -2.04. The van der Waals surface area contributed by atoms with Gasteiger partial charge in [0.25, 0.3) is 0 Å². The molecule has 0 aromatic carbocycles. The Labute approximate surface area is 79.5 Å². The molecule has 0 bridgehead atoms. The minimum absolute atomic E-state index is 0.337. The van der Waals surface area contributed by atoms with Gasteiger partial charge in [0.15, 0.2) is 0 Å². The molecule has 0 saturated heterocycles. The summed E-state index contributed by atoms with van der Waals surface area (Å²) < 4.78 is 5.44. The fraction of sp³-hybridized carbons (Fsp3) is 0.700. The predicted molar refractivity (Wildman–Crippen MR) is 52.7 cm³/mol. The van der Waals surface area contributed by atoms with Crippen LogP contribution in [-0.4, -0.2) is 22.7 Å². The molecule has 0 amide bonds. The lowest BCUT2D eigenvalue weighted by atomic mass is 10.2. The van der Waals surface area contributed by atoms with Crippen LogP contribution in [0.3, 0.4) is 0 Å². The molecular formula is C10H18N2O. The molecule has 0 fully saturated rings. The van der Waals surface area contributed by atoms with Crippen molar-refractivity contribution < 1.29 is 4.74 Å². The number of H-pyrrole nitrogens is 1. The predicted octanol–water partition coefficient (Wildman–Crippen LogP) is 2.08. The maximum atomic E-state index is 5.44. The third-order valence-corrected chi connectivity index (χ3v) is 1.80. The van der Waals surface area contributed by atoms with E-state index in [9.17, 15) is 0 Å². The topological polar surface area (TPSA) is 37.9 Å². The van der Waals surface area contributed by atoms with Crippen LogP contribution in [-0.2, 0) is 11.2 Å². The molecule has 74 valence electrons. The van der Waals surface area contributed by atoms with Crippen LogP contribution >= 0.6 is 0 Å². The molecule has 0 aliphatic carbocycles. The average Bonchev–Trinajstić information content (AvgIpc) is 2.45. The van der Waals surface area contributed by atoms with Crippen molar-refractivity contribution >= 4 is 0 Å². The monoisotopic (exact) mass is 182 g/mol. The van der Waals surface area contributed by atoms with Crippen LogP contribution in [0, 0.1) is 6.92 Å². The first-order chi connectivity index (χ1) is 6.18.